The maximum Gasteiger partial charge on any atom is 0.206 e. The Hall–Kier alpha value is -1.85. The highest BCUT2D eigenvalue weighted by molar-refractivity contribution is 6.35. The molecule has 0 bridgehead atoms. The largest absolute Gasteiger partial charge is 0.369 e. The van der Waals surface area contributed by atoms with Gasteiger partial charge in [-0.3, -0.25) is 4.57 Å². The second kappa shape index (κ2) is 4.86. The molecule has 0 atom stereocenters. The first-order valence-corrected chi connectivity index (χ1v) is 6.73. The van der Waals surface area contributed by atoms with Gasteiger partial charge in [0, 0.05) is 17.2 Å². The highest BCUT2D eigenvalue weighted by atomic mass is 35.5. The van der Waals surface area contributed by atoms with E-state index >= 15 is 0 Å². The zero-order valence-corrected chi connectivity index (χ0v) is 12.3. The number of hydrogen-bond donors (Lipinski definition) is 1. The third-order valence-electron chi connectivity index (χ3n) is 3.17. The molecule has 0 aliphatic heterocycles. The van der Waals surface area contributed by atoms with Crippen LogP contribution in [0.15, 0.2) is 24.3 Å². The smallest absolute Gasteiger partial charge is 0.206 e. The fraction of sp³-hybridized carbons (Fsp3) is 0.0714. The number of halogens is 4. The average molecular weight is 328 g/mol. The summed E-state index contributed by atoms with van der Waals surface area (Å²) in [4.78, 5) is 3.92. The number of aryl methyl sites for hydroxylation is 1. The number of rotatable bonds is 1. The Morgan fingerprint density at radius 3 is 2.52 bits per heavy atom. The molecule has 0 unspecified atom stereocenters. The Labute approximate surface area is 128 Å². The van der Waals surface area contributed by atoms with Gasteiger partial charge in [0.25, 0.3) is 0 Å². The molecule has 2 aromatic carbocycles. The second-order valence-corrected chi connectivity index (χ2v) is 5.43. The predicted molar refractivity (Wildman–Crippen MR) is 80.2 cm³/mol. The van der Waals surface area contributed by atoms with E-state index in [9.17, 15) is 8.78 Å². The van der Waals surface area contributed by atoms with E-state index in [0.29, 0.717) is 15.7 Å². The van der Waals surface area contributed by atoms with Crippen LogP contribution in [-0.4, -0.2) is 9.55 Å². The molecule has 108 valence electrons. The molecule has 0 aliphatic rings. The van der Waals surface area contributed by atoms with E-state index in [1.807, 2.05) is 0 Å². The van der Waals surface area contributed by atoms with Gasteiger partial charge in [0.2, 0.25) is 5.95 Å². The summed E-state index contributed by atoms with van der Waals surface area (Å²) in [6, 6.07) is 5.13. The molecule has 0 saturated carbocycles. The number of anilines is 1. The molecule has 0 fully saturated rings. The van der Waals surface area contributed by atoms with E-state index in [-0.39, 0.29) is 17.0 Å². The van der Waals surface area contributed by atoms with E-state index in [1.54, 1.807) is 19.1 Å². The minimum Gasteiger partial charge on any atom is -0.369 e. The summed E-state index contributed by atoms with van der Waals surface area (Å²) in [6.45, 7) is 1.80. The van der Waals surface area contributed by atoms with E-state index in [1.165, 1.54) is 4.57 Å². The van der Waals surface area contributed by atoms with Crippen molar-refractivity contribution in [1.82, 2.24) is 9.55 Å². The first kappa shape index (κ1) is 14.1. The van der Waals surface area contributed by atoms with E-state index in [4.69, 9.17) is 28.9 Å². The predicted octanol–water partition coefficient (Wildman–Crippen LogP) is 4.50. The van der Waals surface area contributed by atoms with Crippen molar-refractivity contribution in [2.45, 2.75) is 6.92 Å². The first-order chi connectivity index (χ1) is 9.88. The molecule has 21 heavy (non-hydrogen) atoms. The summed E-state index contributed by atoms with van der Waals surface area (Å²) in [5.74, 6) is -1.52. The van der Waals surface area contributed by atoms with Gasteiger partial charge in [0.1, 0.15) is 11.3 Å². The Kier molecular flexibility index (Phi) is 3.26. The van der Waals surface area contributed by atoms with Gasteiger partial charge in [-0.05, 0) is 24.6 Å². The van der Waals surface area contributed by atoms with Crippen LogP contribution in [-0.2, 0) is 0 Å². The van der Waals surface area contributed by atoms with Crippen LogP contribution in [0.1, 0.15) is 5.56 Å². The average Bonchev–Trinajstić information content (AvgIpc) is 2.71. The second-order valence-electron chi connectivity index (χ2n) is 4.61. The van der Waals surface area contributed by atoms with Crippen LogP contribution in [0, 0.1) is 18.6 Å². The topological polar surface area (TPSA) is 43.8 Å². The molecular formula is C14H9Cl2F2N3. The maximum atomic E-state index is 13.8. The molecule has 1 heterocycles. The fourth-order valence-corrected chi connectivity index (χ4v) is 2.64. The normalized spacial score (nSPS) is 11.3. The van der Waals surface area contributed by atoms with E-state index in [2.05, 4.69) is 4.98 Å². The molecule has 3 aromatic rings. The van der Waals surface area contributed by atoms with E-state index in [0.717, 1.165) is 17.7 Å². The summed E-state index contributed by atoms with van der Waals surface area (Å²) < 4.78 is 28.6. The van der Waals surface area contributed by atoms with Crippen LogP contribution in [0.2, 0.25) is 10.0 Å². The third kappa shape index (κ3) is 2.22. The molecule has 3 nitrogen and oxygen atoms in total. The van der Waals surface area contributed by atoms with Gasteiger partial charge in [0.05, 0.1) is 16.2 Å². The lowest BCUT2D eigenvalue weighted by molar-refractivity contribution is 0.590. The molecule has 0 aliphatic carbocycles. The number of benzene rings is 2. The number of hydrogen-bond acceptors (Lipinski definition) is 2. The Bertz CT molecular complexity index is 875. The zero-order chi connectivity index (χ0) is 15.3. The zero-order valence-electron chi connectivity index (χ0n) is 10.8. The van der Waals surface area contributed by atoms with Crippen LogP contribution >= 0.6 is 23.2 Å². The number of fused-ring (bicyclic) bond motifs is 1. The molecular weight excluding hydrogens is 319 g/mol. The lowest BCUT2D eigenvalue weighted by atomic mass is 10.2. The monoisotopic (exact) mass is 327 g/mol. The van der Waals surface area contributed by atoms with Crippen molar-refractivity contribution in [2.75, 3.05) is 5.73 Å². The van der Waals surface area contributed by atoms with Crippen LogP contribution in [0.4, 0.5) is 14.7 Å². The summed E-state index contributed by atoms with van der Waals surface area (Å²) in [6.07, 6.45) is 0. The van der Waals surface area contributed by atoms with Crippen molar-refractivity contribution in [2.24, 2.45) is 0 Å². The first-order valence-electron chi connectivity index (χ1n) is 5.97. The minimum absolute atomic E-state index is 0.00341. The maximum absolute atomic E-state index is 13.8. The number of nitrogens with zero attached hydrogens (tertiary/aromatic N) is 2. The molecule has 2 N–H and O–H groups in total. The van der Waals surface area contributed by atoms with Gasteiger partial charge in [-0.2, -0.15) is 0 Å². The Morgan fingerprint density at radius 1 is 1.10 bits per heavy atom. The van der Waals surface area contributed by atoms with Crippen LogP contribution in [0.25, 0.3) is 16.7 Å². The Balaban J connectivity index is 2.40. The molecule has 1 aromatic heterocycles. The summed E-state index contributed by atoms with van der Waals surface area (Å²) in [5.41, 5.74) is 7.18. The molecule has 0 radical (unpaired) electrons. The minimum atomic E-state index is -0.787. The fourth-order valence-electron chi connectivity index (χ4n) is 2.18. The third-order valence-corrected chi connectivity index (χ3v) is 3.88. The SMILES string of the molecule is Cc1cc(Cl)c(-n2c(N)nc3c(F)cc(F)cc32)cc1Cl. The lowest BCUT2D eigenvalue weighted by Crippen LogP contribution is -2.02. The van der Waals surface area contributed by atoms with Crippen LogP contribution < -0.4 is 5.73 Å². The van der Waals surface area contributed by atoms with Gasteiger partial charge in [-0.25, -0.2) is 13.8 Å². The van der Waals surface area contributed by atoms with Crippen molar-refractivity contribution in [3.63, 3.8) is 0 Å². The Morgan fingerprint density at radius 2 is 1.81 bits per heavy atom. The quantitative estimate of drug-likeness (QED) is 0.715. The van der Waals surface area contributed by atoms with Gasteiger partial charge < -0.3 is 5.73 Å². The van der Waals surface area contributed by atoms with Crippen molar-refractivity contribution in [3.8, 4) is 5.69 Å². The van der Waals surface area contributed by atoms with Gasteiger partial charge in [0.15, 0.2) is 5.82 Å². The van der Waals surface area contributed by atoms with Crippen molar-refractivity contribution in [3.05, 3.63) is 51.5 Å². The van der Waals surface area contributed by atoms with Crippen molar-refractivity contribution in [1.29, 1.82) is 0 Å². The van der Waals surface area contributed by atoms with Gasteiger partial charge in [-0.15, -0.1) is 0 Å². The molecule has 0 spiro atoms. The van der Waals surface area contributed by atoms with E-state index < -0.39 is 11.6 Å². The highest BCUT2D eigenvalue weighted by Crippen LogP contribution is 2.33. The highest BCUT2D eigenvalue weighted by Gasteiger charge is 2.17. The number of aromatic nitrogens is 2. The van der Waals surface area contributed by atoms with Crippen LogP contribution in [0.5, 0.6) is 0 Å². The van der Waals surface area contributed by atoms with Gasteiger partial charge >= 0.3 is 0 Å². The summed E-state index contributed by atoms with van der Waals surface area (Å²) in [7, 11) is 0. The van der Waals surface area contributed by atoms with Crippen molar-refractivity contribution < 1.29 is 8.78 Å². The van der Waals surface area contributed by atoms with Gasteiger partial charge in [-0.1, -0.05) is 23.2 Å². The number of imidazole rings is 1. The molecule has 3 rings (SSSR count). The molecule has 0 saturated heterocycles. The van der Waals surface area contributed by atoms with Crippen molar-refractivity contribution >= 4 is 40.2 Å². The number of nitrogens with two attached hydrogens (primary N) is 1. The molecule has 0 amide bonds. The molecule has 7 heteroatoms. The lowest BCUT2D eigenvalue weighted by Gasteiger charge is -2.11. The standard InChI is InChI=1S/C14H9Cl2F2N3/c1-6-2-9(16)11(5-8(6)15)21-12-4-7(17)3-10(18)13(12)20-14(21)19/h2-5H,1H3,(H2,19,20). The summed E-state index contributed by atoms with van der Waals surface area (Å²) in [5, 5.41) is 0.820. The summed E-state index contributed by atoms with van der Waals surface area (Å²) >= 11 is 12.3. The number of nitrogen functional groups attached to an aromatic ring is 1. The van der Waals surface area contributed by atoms with Crippen LogP contribution in [0.3, 0.4) is 0 Å².